The predicted octanol–water partition coefficient (Wildman–Crippen LogP) is 2.92. The normalized spacial score (nSPS) is 10.5. The molecule has 5 heteroatoms. The number of hydrogen-bond acceptors (Lipinski definition) is 4. The lowest BCUT2D eigenvalue weighted by Crippen LogP contribution is -2.12. The number of hydrogen-bond donors (Lipinski definition) is 1. The molecule has 1 aromatic heterocycles. The van der Waals surface area contributed by atoms with E-state index in [0.29, 0.717) is 5.92 Å². The second-order valence-corrected chi connectivity index (χ2v) is 5.51. The van der Waals surface area contributed by atoms with E-state index in [1.54, 1.807) is 10.8 Å². The van der Waals surface area contributed by atoms with Gasteiger partial charge in [-0.3, -0.25) is 0 Å². The number of anilines is 1. The Morgan fingerprint density at radius 2 is 2.09 bits per heavy atom. The zero-order valence-electron chi connectivity index (χ0n) is 13.0. The fraction of sp³-hybridized carbons (Fsp3) is 0.294. The number of ether oxygens (including phenoxy) is 1. The number of carbonyl (C=O) groups excluding carboxylic acids is 1. The molecule has 2 rings (SSSR count). The molecule has 1 aromatic carbocycles. The van der Waals surface area contributed by atoms with Crippen LogP contribution in [-0.2, 0) is 11.2 Å². The summed E-state index contributed by atoms with van der Waals surface area (Å²) in [6.45, 7) is 4.26. The summed E-state index contributed by atoms with van der Waals surface area (Å²) >= 11 is 0. The summed E-state index contributed by atoms with van der Waals surface area (Å²) in [6.07, 6.45) is 2.44. The van der Waals surface area contributed by atoms with Crippen molar-refractivity contribution in [3.8, 4) is 11.8 Å². The second-order valence-electron chi connectivity index (χ2n) is 5.51. The Balaban J connectivity index is 2.68. The van der Waals surface area contributed by atoms with Gasteiger partial charge in [-0.15, -0.1) is 0 Å². The SMILES string of the molecule is COC(=O)c1c(N)c(C#N)cn1-c1ccccc1CC(C)C. The summed E-state index contributed by atoms with van der Waals surface area (Å²) in [4.78, 5) is 12.1. The van der Waals surface area contributed by atoms with Crippen molar-refractivity contribution in [3.63, 3.8) is 0 Å². The highest BCUT2D eigenvalue weighted by atomic mass is 16.5. The van der Waals surface area contributed by atoms with E-state index >= 15 is 0 Å². The summed E-state index contributed by atoms with van der Waals surface area (Å²) in [5.41, 5.74) is 8.46. The first-order valence-corrected chi connectivity index (χ1v) is 7.07. The molecule has 0 atom stereocenters. The quantitative estimate of drug-likeness (QED) is 0.880. The van der Waals surface area contributed by atoms with Crippen LogP contribution in [0.4, 0.5) is 5.69 Å². The Morgan fingerprint density at radius 1 is 1.41 bits per heavy atom. The molecule has 5 nitrogen and oxygen atoms in total. The number of nitrogen functional groups attached to an aromatic ring is 1. The Kier molecular flexibility index (Phi) is 4.52. The predicted molar refractivity (Wildman–Crippen MR) is 84.8 cm³/mol. The minimum atomic E-state index is -0.557. The van der Waals surface area contributed by atoms with Crippen LogP contribution >= 0.6 is 0 Å². The topological polar surface area (TPSA) is 81.0 Å². The van der Waals surface area contributed by atoms with Gasteiger partial charge in [0.2, 0.25) is 0 Å². The first-order chi connectivity index (χ1) is 10.5. The fourth-order valence-electron chi connectivity index (χ4n) is 2.46. The maximum absolute atomic E-state index is 12.1. The maximum atomic E-state index is 12.1. The zero-order valence-corrected chi connectivity index (χ0v) is 13.0. The Bertz CT molecular complexity index is 739. The number of carbonyl (C=O) groups is 1. The van der Waals surface area contributed by atoms with Crippen molar-refractivity contribution in [2.75, 3.05) is 12.8 Å². The molecule has 22 heavy (non-hydrogen) atoms. The third kappa shape index (κ3) is 2.82. The van der Waals surface area contributed by atoms with Crippen LogP contribution < -0.4 is 5.73 Å². The van der Waals surface area contributed by atoms with E-state index in [2.05, 4.69) is 13.8 Å². The van der Waals surface area contributed by atoms with Crippen molar-refractivity contribution in [3.05, 3.63) is 47.3 Å². The Hall–Kier alpha value is -2.74. The number of esters is 1. The van der Waals surface area contributed by atoms with E-state index in [4.69, 9.17) is 10.5 Å². The first kappa shape index (κ1) is 15.6. The zero-order chi connectivity index (χ0) is 16.3. The molecule has 2 N–H and O–H groups in total. The highest BCUT2D eigenvalue weighted by molar-refractivity contribution is 5.96. The van der Waals surface area contributed by atoms with E-state index in [1.165, 1.54) is 7.11 Å². The van der Waals surface area contributed by atoms with Crippen molar-refractivity contribution < 1.29 is 9.53 Å². The van der Waals surface area contributed by atoms with E-state index < -0.39 is 5.97 Å². The molecule has 1 heterocycles. The van der Waals surface area contributed by atoms with E-state index in [9.17, 15) is 10.1 Å². The highest BCUT2D eigenvalue weighted by Crippen LogP contribution is 2.27. The van der Waals surface area contributed by atoms with E-state index in [0.717, 1.165) is 17.7 Å². The van der Waals surface area contributed by atoms with Gasteiger partial charge in [0.05, 0.1) is 18.4 Å². The number of nitrogens with zero attached hydrogens (tertiary/aromatic N) is 2. The number of nitriles is 1. The molecule has 114 valence electrons. The average Bonchev–Trinajstić information content (AvgIpc) is 2.83. The summed E-state index contributed by atoms with van der Waals surface area (Å²) in [7, 11) is 1.30. The van der Waals surface area contributed by atoms with Gasteiger partial charge in [0.15, 0.2) is 5.69 Å². The summed E-state index contributed by atoms with van der Waals surface area (Å²) in [6, 6.07) is 9.78. The van der Waals surface area contributed by atoms with Crippen molar-refractivity contribution in [2.45, 2.75) is 20.3 Å². The van der Waals surface area contributed by atoms with Crippen LogP contribution in [-0.4, -0.2) is 17.6 Å². The third-order valence-electron chi connectivity index (χ3n) is 3.42. The Morgan fingerprint density at radius 3 is 2.68 bits per heavy atom. The van der Waals surface area contributed by atoms with Crippen molar-refractivity contribution >= 4 is 11.7 Å². The van der Waals surface area contributed by atoms with Crippen LogP contribution in [0, 0.1) is 17.2 Å². The lowest BCUT2D eigenvalue weighted by atomic mass is 10.0. The smallest absolute Gasteiger partial charge is 0.357 e. The van der Waals surface area contributed by atoms with Crippen molar-refractivity contribution in [1.82, 2.24) is 4.57 Å². The van der Waals surface area contributed by atoms with E-state index in [1.807, 2.05) is 30.3 Å². The summed E-state index contributed by atoms with van der Waals surface area (Å²) < 4.78 is 6.46. The van der Waals surface area contributed by atoms with Gasteiger partial charge >= 0.3 is 5.97 Å². The lowest BCUT2D eigenvalue weighted by molar-refractivity contribution is 0.0593. The average molecular weight is 297 g/mol. The van der Waals surface area contributed by atoms with Gasteiger partial charge in [0, 0.05) is 11.9 Å². The largest absolute Gasteiger partial charge is 0.464 e. The van der Waals surface area contributed by atoms with Gasteiger partial charge in [0.1, 0.15) is 6.07 Å². The number of rotatable bonds is 4. The molecule has 2 aromatic rings. The molecule has 0 unspecified atom stereocenters. The standard InChI is InChI=1S/C17H19N3O2/c1-11(2)8-12-6-4-5-7-14(12)20-10-13(9-18)15(19)16(20)17(21)22-3/h4-7,10-11H,8,19H2,1-3H3. The second kappa shape index (κ2) is 6.35. The number of aromatic nitrogens is 1. The third-order valence-corrected chi connectivity index (χ3v) is 3.42. The monoisotopic (exact) mass is 297 g/mol. The Labute approximate surface area is 129 Å². The summed E-state index contributed by atoms with van der Waals surface area (Å²) in [5, 5.41) is 9.18. The molecule has 0 spiro atoms. The van der Waals surface area contributed by atoms with Gasteiger partial charge < -0.3 is 15.0 Å². The molecule has 0 amide bonds. The van der Waals surface area contributed by atoms with Gasteiger partial charge in [0.25, 0.3) is 0 Å². The van der Waals surface area contributed by atoms with Crippen LogP contribution in [0.3, 0.4) is 0 Å². The van der Waals surface area contributed by atoms with Crippen molar-refractivity contribution in [1.29, 1.82) is 5.26 Å². The van der Waals surface area contributed by atoms with Crippen LogP contribution in [0.15, 0.2) is 30.5 Å². The fourth-order valence-corrected chi connectivity index (χ4v) is 2.46. The number of methoxy groups -OCH3 is 1. The van der Waals surface area contributed by atoms with Crippen LogP contribution in [0.1, 0.15) is 35.5 Å². The van der Waals surface area contributed by atoms with Gasteiger partial charge in [-0.05, 0) is 24.0 Å². The highest BCUT2D eigenvalue weighted by Gasteiger charge is 2.22. The minimum absolute atomic E-state index is 0.147. The lowest BCUT2D eigenvalue weighted by Gasteiger charge is -2.14. The van der Waals surface area contributed by atoms with Crippen LogP contribution in [0.25, 0.3) is 5.69 Å². The van der Waals surface area contributed by atoms with Crippen molar-refractivity contribution in [2.24, 2.45) is 5.92 Å². The molecule has 0 fully saturated rings. The maximum Gasteiger partial charge on any atom is 0.357 e. The molecule has 0 aliphatic heterocycles. The molecule has 0 aliphatic carbocycles. The molecule has 0 saturated heterocycles. The van der Waals surface area contributed by atoms with Crippen LogP contribution in [0.2, 0.25) is 0 Å². The molecular weight excluding hydrogens is 278 g/mol. The van der Waals surface area contributed by atoms with Gasteiger partial charge in [-0.1, -0.05) is 32.0 Å². The first-order valence-electron chi connectivity index (χ1n) is 7.07. The number of para-hydroxylation sites is 1. The summed E-state index contributed by atoms with van der Waals surface area (Å²) in [5.74, 6) is -0.0931. The molecule has 0 bridgehead atoms. The van der Waals surface area contributed by atoms with Gasteiger partial charge in [-0.2, -0.15) is 5.26 Å². The number of benzene rings is 1. The molecular formula is C17H19N3O2. The molecule has 0 radical (unpaired) electrons. The van der Waals surface area contributed by atoms with E-state index in [-0.39, 0.29) is 16.9 Å². The van der Waals surface area contributed by atoms with Crippen LogP contribution in [0.5, 0.6) is 0 Å². The molecule has 0 saturated carbocycles. The molecule has 0 aliphatic rings. The number of nitrogens with two attached hydrogens (primary N) is 1. The van der Waals surface area contributed by atoms with Gasteiger partial charge in [-0.25, -0.2) is 4.79 Å². The minimum Gasteiger partial charge on any atom is -0.464 e.